The second-order valence-electron chi connectivity index (χ2n) is 5.08. The van der Waals surface area contributed by atoms with Crippen LogP contribution >= 0.6 is 15.9 Å². The van der Waals surface area contributed by atoms with E-state index in [9.17, 15) is 0 Å². The minimum atomic E-state index is 0.285. The molecule has 0 aliphatic carbocycles. The second-order valence-corrected chi connectivity index (χ2v) is 5.99. The molecule has 2 unspecified atom stereocenters. The highest BCUT2D eigenvalue weighted by atomic mass is 79.9. The Morgan fingerprint density at radius 2 is 2.05 bits per heavy atom. The molecule has 20 heavy (non-hydrogen) atoms. The monoisotopic (exact) mass is 343 g/mol. The van der Waals surface area contributed by atoms with Crippen LogP contribution in [-0.4, -0.2) is 27.4 Å². The van der Waals surface area contributed by atoms with Gasteiger partial charge in [-0.05, 0) is 37.4 Å². The summed E-state index contributed by atoms with van der Waals surface area (Å²) in [6.45, 7) is 6.22. The maximum atomic E-state index is 5.54. The van der Waals surface area contributed by atoms with Crippen LogP contribution in [0.5, 0.6) is 5.75 Å². The zero-order valence-electron chi connectivity index (χ0n) is 12.9. The first-order valence-electron chi connectivity index (χ1n) is 7.19. The average Bonchev–Trinajstić information content (AvgIpc) is 2.46. The van der Waals surface area contributed by atoms with Gasteiger partial charge in [-0.1, -0.05) is 35.8 Å². The molecule has 0 saturated carbocycles. The van der Waals surface area contributed by atoms with Crippen LogP contribution in [0.3, 0.4) is 0 Å². The van der Waals surface area contributed by atoms with Gasteiger partial charge in [0.25, 0.3) is 0 Å². The number of hydrogen-bond acceptors (Lipinski definition) is 3. The van der Waals surface area contributed by atoms with E-state index >= 15 is 0 Å². The third kappa shape index (κ3) is 5.08. The van der Waals surface area contributed by atoms with Crippen molar-refractivity contribution < 1.29 is 9.47 Å². The summed E-state index contributed by atoms with van der Waals surface area (Å²) in [6, 6.07) is 6.52. The van der Waals surface area contributed by atoms with Crippen LogP contribution in [0.15, 0.2) is 22.7 Å². The summed E-state index contributed by atoms with van der Waals surface area (Å²) in [6.07, 6.45) is 2.14. The van der Waals surface area contributed by atoms with Crippen LogP contribution < -0.4 is 10.1 Å². The molecule has 0 radical (unpaired) electrons. The Morgan fingerprint density at radius 1 is 1.30 bits per heavy atom. The summed E-state index contributed by atoms with van der Waals surface area (Å²) in [5, 5.41) is 3.64. The Hall–Kier alpha value is -0.580. The molecule has 114 valence electrons. The quantitative estimate of drug-likeness (QED) is 0.729. The largest absolute Gasteiger partial charge is 0.496 e. The van der Waals surface area contributed by atoms with E-state index in [4.69, 9.17) is 9.47 Å². The lowest BCUT2D eigenvalue weighted by atomic mass is 9.91. The van der Waals surface area contributed by atoms with Crippen molar-refractivity contribution in [3.05, 3.63) is 28.2 Å². The zero-order chi connectivity index (χ0) is 15.0. The van der Waals surface area contributed by atoms with Gasteiger partial charge >= 0.3 is 0 Å². The Labute approximate surface area is 131 Å². The van der Waals surface area contributed by atoms with Crippen molar-refractivity contribution in [3.8, 4) is 5.75 Å². The van der Waals surface area contributed by atoms with E-state index in [2.05, 4.69) is 47.2 Å². The maximum Gasteiger partial charge on any atom is 0.124 e. The van der Waals surface area contributed by atoms with Crippen molar-refractivity contribution in [1.29, 1.82) is 0 Å². The summed E-state index contributed by atoms with van der Waals surface area (Å²) in [5.41, 5.74) is 1.22. The summed E-state index contributed by atoms with van der Waals surface area (Å²) in [5.74, 6) is 1.41. The Morgan fingerprint density at radius 3 is 2.65 bits per heavy atom. The highest BCUT2D eigenvalue weighted by Crippen LogP contribution is 2.33. The van der Waals surface area contributed by atoms with E-state index in [0.29, 0.717) is 5.92 Å². The molecule has 0 aliphatic rings. The van der Waals surface area contributed by atoms with Crippen molar-refractivity contribution in [1.82, 2.24) is 5.32 Å². The zero-order valence-corrected chi connectivity index (χ0v) is 14.5. The summed E-state index contributed by atoms with van der Waals surface area (Å²) in [7, 11) is 3.48. The minimum Gasteiger partial charge on any atom is -0.496 e. The first-order valence-corrected chi connectivity index (χ1v) is 7.99. The molecule has 1 aromatic rings. The number of methoxy groups -OCH3 is 2. The second kappa shape index (κ2) is 9.37. The summed E-state index contributed by atoms with van der Waals surface area (Å²) >= 11 is 3.50. The summed E-state index contributed by atoms with van der Waals surface area (Å²) < 4.78 is 11.8. The van der Waals surface area contributed by atoms with Crippen molar-refractivity contribution in [3.63, 3.8) is 0 Å². The lowest BCUT2D eigenvalue weighted by Gasteiger charge is -2.27. The van der Waals surface area contributed by atoms with Gasteiger partial charge in [-0.3, -0.25) is 0 Å². The van der Waals surface area contributed by atoms with Gasteiger partial charge in [0.05, 0.1) is 7.11 Å². The first-order chi connectivity index (χ1) is 9.63. The third-order valence-corrected chi connectivity index (χ3v) is 3.98. The molecule has 0 aliphatic heterocycles. The third-order valence-electron chi connectivity index (χ3n) is 3.49. The highest BCUT2D eigenvalue weighted by molar-refractivity contribution is 9.10. The predicted octanol–water partition coefficient (Wildman–Crippen LogP) is 4.17. The number of hydrogen-bond donors (Lipinski definition) is 1. The van der Waals surface area contributed by atoms with Crippen molar-refractivity contribution in [2.45, 2.75) is 32.7 Å². The average molecular weight is 344 g/mol. The predicted molar refractivity (Wildman–Crippen MR) is 87.4 cm³/mol. The van der Waals surface area contributed by atoms with Gasteiger partial charge in [-0.25, -0.2) is 0 Å². The van der Waals surface area contributed by atoms with Gasteiger partial charge in [0, 0.05) is 29.8 Å². The van der Waals surface area contributed by atoms with Crippen LogP contribution in [0.25, 0.3) is 0 Å². The van der Waals surface area contributed by atoms with Crippen LogP contribution in [0, 0.1) is 5.92 Å². The lowest BCUT2D eigenvalue weighted by molar-refractivity contribution is 0.169. The standard InChI is InChI=1S/C16H26BrNO2/c1-5-9-18-16(12(2)8-10-19-3)14-7-6-13(17)11-15(14)20-4/h6-7,11-12,16,18H,5,8-10H2,1-4H3. The normalized spacial score (nSPS) is 14.1. The lowest BCUT2D eigenvalue weighted by Crippen LogP contribution is -2.28. The van der Waals surface area contributed by atoms with Gasteiger partial charge in [0.15, 0.2) is 0 Å². The fraction of sp³-hybridized carbons (Fsp3) is 0.625. The van der Waals surface area contributed by atoms with E-state index in [0.717, 1.165) is 36.2 Å². The van der Waals surface area contributed by atoms with Gasteiger partial charge < -0.3 is 14.8 Å². The fourth-order valence-corrected chi connectivity index (χ4v) is 2.67. The molecular formula is C16H26BrNO2. The van der Waals surface area contributed by atoms with Crippen LogP contribution in [0.1, 0.15) is 38.3 Å². The summed E-state index contributed by atoms with van der Waals surface area (Å²) in [4.78, 5) is 0. The topological polar surface area (TPSA) is 30.5 Å². The molecule has 0 spiro atoms. The molecule has 0 heterocycles. The van der Waals surface area contributed by atoms with Crippen LogP contribution in [0.4, 0.5) is 0 Å². The molecule has 0 bridgehead atoms. The van der Waals surface area contributed by atoms with E-state index in [1.54, 1.807) is 14.2 Å². The van der Waals surface area contributed by atoms with E-state index in [1.165, 1.54) is 5.56 Å². The number of rotatable bonds is 9. The minimum absolute atomic E-state index is 0.285. The molecule has 1 aromatic carbocycles. The van der Waals surface area contributed by atoms with Crippen molar-refractivity contribution in [2.24, 2.45) is 5.92 Å². The molecule has 0 amide bonds. The first kappa shape index (κ1) is 17.5. The van der Waals surface area contributed by atoms with Crippen LogP contribution in [-0.2, 0) is 4.74 Å². The Kier molecular flexibility index (Phi) is 8.19. The van der Waals surface area contributed by atoms with Gasteiger partial charge in [-0.15, -0.1) is 0 Å². The fourth-order valence-electron chi connectivity index (χ4n) is 2.33. The molecule has 0 aromatic heterocycles. The highest BCUT2D eigenvalue weighted by Gasteiger charge is 2.22. The maximum absolute atomic E-state index is 5.54. The van der Waals surface area contributed by atoms with Crippen molar-refractivity contribution in [2.75, 3.05) is 27.4 Å². The van der Waals surface area contributed by atoms with Gasteiger partial charge in [-0.2, -0.15) is 0 Å². The van der Waals surface area contributed by atoms with Crippen LogP contribution in [0.2, 0.25) is 0 Å². The number of nitrogens with one attached hydrogen (secondary N) is 1. The number of benzene rings is 1. The SMILES string of the molecule is CCCNC(c1ccc(Br)cc1OC)C(C)CCOC. The van der Waals surface area contributed by atoms with E-state index < -0.39 is 0 Å². The number of ether oxygens (including phenoxy) is 2. The van der Waals surface area contributed by atoms with E-state index in [-0.39, 0.29) is 6.04 Å². The molecule has 4 heteroatoms. The molecule has 1 N–H and O–H groups in total. The molecule has 1 rings (SSSR count). The van der Waals surface area contributed by atoms with E-state index in [1.807, 2.05) is 6.07 Å². The molecule has 2 atom stereocenters. The Bertz CT molecular complexity index is 398. The van der Waals surface area contributed by atoms with Gasteiger partial charge in [0.1, 0.15) is 5.75 Å². The molecule has 0 fully saturated rings. The molecule has 3 nitrogen and oxygen atoms in total. The smallest absolute Gasteiger partial charge is 0.124 e. The molecule has 0 saturated heterocycles. The van der Waals surface area contributed by atoms with Gasteiger partial charge in [0.2, 0.25) is 0 Å². The van der Waals surface area contributed by atoms with Crippen molar-refractivity contribution >= 4 is 15.9 Å². The molecular weight excluding hydrogens is 318 g/mol. The number of halogens is 1. The Balaban J connectivity index is 2.96.